The van der Waals surface area contributed by atoms with Gasteiger partial charge in [0.2, 0.25) is 5.75 Å². The van der Waals surface area contributed by atoms with Gasteiger partial charge in [0.1, 0.15) is 11.8 Å². The van der Waals surface area contributed by atoms with Crippen molar-refractivity contribution in [3.8, 4) is 11.5 Å². The number of nitrogens with zero attached hydrogens (tertiary/aromatic N) is 1. The van der Waals surface area contributed by atoms with Crippen molar-refractivity contribution >= 4 is 17.6 Å². The van der Waals surface area contributed by atoms with E-state index in [0.717, 1.165) is 0 Å². The van der Waals surface area contributed by atoms with Gasteiger partial charge in [0, 0.05) is 12.1 Å². The molecular formula is C14H18N2O7. The molecule has 0 heterocycles. The number of hydrogen-bond acceptors (Lipinski definition) is 6. The molecule has 1 aromatic rings. The van der Waals surface area contributed by atoms with E-state index in [0.29, 0.717) is 12.8 Å². The Morgan fingerprint density at radius 1 is 1.43 bits per heavy atom. The van der Waals surface area contributed by atoms with Crippen LogP contribution in [0.2, 0.25) is 0 Å². The van der Waals surface area contributed by atoms with Gasteiger partial charge in [-0.25, -0.2) is 4.79 Å². The lowest BCUT2D eigenvalue weighted by atomic mass is 10.2. The first-order valence-electron chi connectivity index (χ1n) is 6.86. The highest BCUT2D eigenvalue weighted by molar-refractivity contribution is 5.84. The number of carboxylic acid groups (broad SMARTS) is 1. The van der Waals surface area contributed by atoms with E-state index in [1.165, 1.54) is 25.3 Å². The number of carbonyl (C=O) groups is 2. The van der Waals surface area contributed by atoms with Gasteiger partial charge in [0.25, 0.3) is 5.91 Å². The summed E-state index contributed by atoms with van der Waals surface area (Å²) in [6.45, 7) is 1.40. The molecule has 1 atom stereocenters. The van der Waals surface area contributed by atoms with E-state index in [9.17, 15) is 19.7 Å². The molecule has 0 aromatic heterocycles. The Balaban J connectivity index is 2.65. The number of carbonyl (C=O) groups excluding carboxylic acids is 1. The van der Waals surface area contributed by atoms with Gasteiger partial charge < -0.3 is 19.9 Å². The van der Waals surface area contributed by atoms with E-state index in [1.54, 1.807) is 0 Å². The third kappa shape index (κ3) is 5.46. The number of nitrogens with one attached hydrogen (secondary N) is 1. The summed E-state index contributed by atoms with van der Waals surface area (Å²) in [5.41, 5.74) is -0.224. The van der Waals surface area contributed by atoms with Gasteiger partial charge in [-0.3, -0.25) is 14.9 Å². The lowest BCUT2D eigenvalue weighted by molar-refractivity contribution is -0.385. The SMILES string of the molecule is CCCC(NC(=O)COc1ccc([N+](=O)[O-])c(OC)c1)C(=O)O. The van der Waals surface area contributed by atoms with Crippen molar-refractivity contribution in [1.82, 2.24) is 5.32 Å². The fraction of sp³-hybridized carbons (Fsp3) is 0.429. The Morgan fingerprint density at radius 2 is 2.13 bits per heavy atom. The van der Waals surface area contributed by atoms with E-state index < -0.39 is 29.4 Å². The average Bonchev–Trinajstić information content (AvgIpc) is 2.51. The summed E-state index contributed by atoms with van der Waals surface area (Å²) in [5, 5.41) is 22.1. The summed E-state index contributed by atoms with van der Waals surface area (Å²) in [7, 11) is 1.28. The minimum Gasteiger partial charge on any atom is -0.490 e. The molecule has 0 saturated heterocycles. The van der Waals surface area contributed by atoms with Crippen LogP contribution < -0.4 is 14.8 Å². The first-order valence-corrected chi connectivity index (χ1v) is 6.86. The first kappa shape index (κ1) is 18.2. The molecule has 2 N–H and O–H groups in total. The van der Waals surface area contributed by atoms with Gasteiger partial charge >= 0.3 is 11.7 Å². The van der Waals surface area contributed by atoms with Crippen LogP contribution in [0.1, 0.15) is 19.8 Å². The van der Waals surface area contributed by atoms with Crippen molar-refractivity contribution < 1.29 is 29.1 Å². The molecule has 0 spiro atoms. The smallest absolute Gasteiger partial charge is 0.326 e. The van der Waals surface area contributed by atoms with Crippen molar-refractivity contribution in [2.24, 2.45) is 0 Å². The number of aliphatic carboxylic acids is 1. The van der Waals surface area contributed by atoms with Crippen LogP contribution in [0.3, 0.4) is 0 Å². The number of hydrogen-bond donors (Lipinski definition) is 2. The van der Waals surface area contributed by atoms with Crippen molar-refractivity contribution in [3.63, 3.8) is 0 Å². The molecule has 0 fully saturated rings. The average molecular weight is 326 g/mol. The van der Waals surface area contributed by atoms with Gasteiger partial charge in [-0.2, -0.15) is 0 Å². The fourth-order valence-corrected chi connectivity index (χ4v) is 1.83. The summed E-state index contributed by atoms with van der Waals surface area (Å²) in [6, 6.07) is 2.84. The Hall–Kier alpha value is -2.84. The highest BCUT2D eigenvalue weighted by Gasteiger charge is 2.19. The molecule has 1 aromatic carbocycles. The second-order valence-corrected chi connectivity index (χ2v) is 4.63. The van der Waals surface area contributed by atoms with Crippen LogP contribution >= 0.6 is 0 Å². The third-order valence-electron chi connectivity index (χ3n) is 2.93. The fourth-order valence-electron chi connectivity index (χ4n) is 1.83. The largest absolute Gasteiger partial charge is 0.490 e. The Morgan fingerprint density at radius 3 is 2.65 bits per heavy atom. The second-order valence-electron chi connectivity index (χ2n) is 4.63. The highest BCUT2D eigenvalue weighted by Crippen LogP contribution is 2.30. The van der Waals surface area contributed by atoms with E-state index in [2.05, 4.69) is 5.32 Å². The van der Waals surface area contributed by atoms with Gasteiger partial charge in [0.05, 0.1) is 12.0 Å². The molecule has 0 bridgehead atoms. The Kier molecular flexibility index (Phi) is 6.78. The molecule has 1 rings (SSSR count). The zero-order chi connectivity index (χ0) is 17.4. The zero-order valence-electron chi connectivity index (χ0n) is 12.8. The topological polar surface area (TPSA) is 128 Å². The second kappa shape index (κ2) is 8.57. The van der Waals surface area contributed by atoms with Crippen LogP contribution in [-0.4, -0.2) is 41.7 Å². The number of nitro groups is 1. The Labute approximate surface area is 132 Å². The van der Waals surface area contributed by atoms with E-state index >= 15 is 0 Å². The molecule has 0 aliphatic carbocycles. The molecule has 9 nitrogen and oxygen atoms in total. The van der Waals surface area contributed by atoms with Crippen molar-refractivity contribution in [3.05, 3.63) is 28.3 Å². The van der Waals surface area contributed by atoms with Crippen LogP contribution in [0.15, 0.2) is 18.2 Å². The molecule has 0 saturated carbocycles. The molecular weight excluding hydrogens is 308 g/mol. The molecule has 23 heavy (non-hydrogen) atoms. The lowest BCUT2D eigenvalue weighted by Gasteiger charge is -2.14. The predicted octanol–water partition coefficient (Wildman–Crippen LogP) is 1.35. The molecule has 9 heteroatoms. The molecule has 0 radical (unpaired) electrons. The molecule has 0 aliphatic heterocycles. The number of methoxy groups -OCH3 is 1. The minimum atomic E-state index is -1.11. The number of nitro benzene ring substituents is 1. The van der Waals surface area contributed by atoms with E-state index in [-0.39, 0.29) is 17.2 Å². The number of rotatable bonds is 9. The van der Waals surface area contributed by atoms with Crippen LogP contribution in [0.25, 0.3) is 0 Å². The number of ether oxygens (including phenoxy) is 2. The third-order valence-corrected chi connectivity index (χ3v) is 2.93. The summed E-state index contributed by atoms with van der Waals surface area (Å²) < 4.78 is 10.1. The molecule has 126 valence electrons. The highest BCUT2D eigenvalue weighted by atomic mass is 16.6. The van der Waals surface area contributed by atoms with Crippen LogP contribution in [0.4, 0.5) is 5.69 Å². The number of carboxylic acids is 1. The maximum atomic E-state index is 11.7. The monoisotopic (exact) mass is 326 g/mol. The maximum Gasteiger partial charge on any atom is 0.326 e. The molecule has 0 aliphatic rings. The normalized spacial score (nSPS) is 11.4. The Bertz CT molecular complexity index is 588. The summed E-state index contributed by atoms with van der Waals surface area (Å²) in [5.74, 6) is -1.51. The van der Waals surface area contributed by atoms with Crippen molar-refractivity contribution in [1.29, 1.82) is 0 Å². The quantitative estimate of drug-likeness (QED) is 0.517. The van der Waals surface area contributed by atoms with E-state index in [1.807, 2.05) is 6.92 Å². The molecule has 1 unspecified atom stereocenters. The zero-order valence-corrected chi connectivity index (χ0v) is 12.8. The van der Waals surface area contributed by atoms with Crippen molar-refractivity contribution in [2.45, 2.75) is 25.8 Å². The number of benzene rings is 1. The van der Waals surface area contributed by atoms with Crippen LogP contribution in [0, 0.1) is 10.1 Å². The van der Waals surface area contributed by atoms with Crippen molar-refractivity contribution in [2.75, 3.05) is 13.7 Å². The predicted molar refractivity (Wildman–Crippen MR) is 79.6 cm³/mol. The summed E-state index contributed by atoms with van der Waals surface area (Å²) >= 11 is 0. The van der Waals surface area contributed by atoms with Crippen LogP contribution in [0.5, 0.6) is 11.5 Å². The van der Waals surface area contributed by atoms with Crippen LogP contribution in [-0.2, 0) is 9.59 Å². The van der Waals surface area contributed by atoms with E-state index in [4.69, 9.17) is 14.6 Å². The number of amides is 1. The lowest BCUT2D eigenvalue weighted by Crippen LogP contribution is -2.42. The summed E-state index contributed by atoms with van der Waals surface area (Å²) in [6.07, 6.45) is 0.921. The van der Waals surface area contributed by atoms with Gasteiger partial charge in [-0.05, 0) is 12.5 Å². The van der Waals surface area contributed by atoms with Gasteiger partial charge in [-0.1, -0.05) is 13.3 Å². The summed E-state index contributed by atoms with van der Waals surface area (Å²) in [4.78, 5) is 32.8. The van der Waals surface area contributed by atoms with Gasteiger partial charge in [-0.15, -0.1) is 0 Å². The minimum absolute atomic E-state index is 0.00213. The molecule has 1 amide bonds. The van der Waals surface area contributed by atoms with Gasteiger partial charge in [0.15, 0.2) is 6.61 Å². The maximum absolute atomic E-state index is 11.7. The first-order chi connectivity index (χ1) is 10.9. The standard InChI is InChI=1S/C14H18N2O7/c1-3-4-10(14(18)19)15-13(17)8-23-9-5-6-11(16(20)21)12(7-9)22-2/h5-7,10H,3-4,8H2,1-2H3,(H,15,17)(H,18,19).